The summed E-state index contributed by atoms with van der Waals surface area (Å²) in [6.07, 6.45) is 8.24. The molecule has 6 rings (SSSR count). The van der Waals surface area contributed by atoms with Gasteiger partial charge >= 0.3 is 0 Å². The molecule has 6 aliphatic rings. The van der Waals surface area contributed by atoms with E-state index in [1.807, 2.05) is 0 Å². The Bertz CT molecular complexity index is 615. The Balaban J connectivity index is 1.15. The zero-order valence-corrected chi connectivity index (χ0v) is 18.1. The van der Waals surface area contributed by atoms with Gasteiger partial charge in [-0.2, -0.15) is 0 Å². The minimum Gasteiger partial charge on any atom is -0.348 e. The van der Waals surface area contributed by atoms with Gasteiger partial charge in [-0.1, -0.05) is 41.5 Å². The van der Waals surface area contributed by atoms with Crippen LogP contribution in [0.3, 0.4) is 0 Å². The topological polar surface area (TPSA) is 27.7 Å². The molecule has 4 saturated carbocycles. The van der Waals surface area contributed by atoms with E-state index in [-0.39, 0.29) is 12.6 Å². The lowest BCUT2D eigenvalue weighted by Gasteiger charge is -2.39. The molecule has 0 unspecified atom stereocenters. The van der Waals surface area contributed by atoms with Gasteiger partial charge in [0.1, 0.15) is 0 Å². The van der Waals surface area contributed by atoms with Crippen LogP contribution < -0.4 is 0 Å². The van der Waals surface area contributed by atoms with Gasteiger partial charge in [-0.3, -0.25) is 0 Å². The van der Waals surface area contributed by atoms with Gasteiger partial charge in [-0.15, -0.1) is 0 Å². The van der Waals surface area contributed by atoms with Gasteiger partial charge in [0, 0.05) is 12.8 Å². The average Bonchev–Trinajstić information content (AvgIpc) is 3.33. The van der Waals surface area contributed by atoms with E-state index in [9.17, 15) is 0 Å². The van der Waals surface area contributed by atoms with Crippen LogP contribution >= 0.6 is 0 Å². The maximum absolute atomic E-state index is 6.58. The monoisotopic (exact) mass is 374 g/mol. The first-order valence-corrected chi connectivity index (χ1v) is 11.6. The molecule has 2 heterocycles. The van der Waals surface area contributed by atoms with E-state index < -0.39 is 0 Å². The van der Waals surface area contributed by atoms with Crippen LogP contribution in [-0.4, -0.2) is 24.8 Å². The highest BCUT2D eigenvalue weighted by Crippen LogP contribution is 2.72. The maximum atomic E-state index is 6.58. The molecule has 0 N–H and O–H groups in total. The van der Waals surface area contributed by atoms with E-state index >= 15 is 0 Å². The van der Waals surface area contributed by atoms with Gasteiger partial charge in [-0.05, 0) is 71.0 Å². The fourth-order valence-corrected chi connectivity index (χ4v) is 9.31. The first kappa shape index (κ1) is 17.7. The Morgan fingerprint density at radius 2 is 1.07 bits per heavy atom. The van der Waals surface area contributed by atoms with Crippen molar-refractivity contribution in [2.75, 3.05) is 0 Å². The summed E-state index contributed by atoms with van der Waals surface area (Å²) in [6.45, 7) is 14.8. The van der Waals surface area contributed by atoms with Crippen molar-refractivity contribution < 1.29 is 14.2 Å². The number of ether oxygens (including phenoxy) is 3. The standard InChI is InChI=1S/C24H38O3/c1-21(2)15-7-9-23(21,5)19-13(15)11-17(26-19)25-18-12-14-16-8-10-24(6,20(14)27-18)22(16,3)4/h13-20H,7-12H2,1-6H3/t13-,14+,15-,16-,17-,18-,19-,20+,23+,24-/m0/s1. The van der Waals surface area contributed by atoms with Gasteiger partial charge in [0.2, 0.25) is 0 Å². The molecule has 0 radical (unpaired) electrons. The quantitative estimate of drug-likeness (QED) is 0.650. The van der Waals surface area contributed by atoms with E-state index in [1.54, 1.807) is 0 Å². The highest BCUT2D eigenvalue weighted by Gasteiger charge is 2.71. The summed E-state index contributed by atoms with van der Waals surface area (Å²) in [5.74, 6) is 3.00. The Kier molecular flexibility index (Phi) is 3.25. The first-order chi connectivity index (χ1) is 12.6. The summed E-state index contributed by atoms with van der Waals surface area (Å²) < 4.78 is 19.6. The smallest absolute Gasteiger partial charge is 0.161 e. The lowest BCUT2D eigenvalue weighted by molar-refractivity contribution is -0.252. The molecular formula is C24H38O3. The largest absolute Gasteiger partial charge is 0.348 e. The van der Waals surface area contributed by atoms with Crippen LogP contribution in [0.25, 0.3) is 0 Å². The summed E-state index contributed by atoms with van der Waals surface area (Å²) >= 11 is 0. The Hall–Kier alpha value is -0.120. The van der Waals surface area contributed by atoms with Crippen molar-refractivity contribution in [1.29, 1.82) is 0 Å². The molecule has 3 nitrogen and oxygen atoms in total. The van der Waals surface area contributed by atoms with E-state index in [0.717, 1.165) is 24.7 Å². The van der Waals surface area contributed by atoms with Gasteiger partial charge in [0.05, 0.1) is 12.2 Å². The molecule has 0 amide bonds. The second kappa shape index (κ2) is 4.95. The van der Waals surface area contributed by atoms with E-state index in [2.05, 4.69) is 41.5 Å². The van der Waals surface area contributed by atoms with Crippen molar-refractivity contribution in [3.8, 4) is 0 Å². The fourth-order valence-electron chi connectivity index (χ4n) is 9.31. The van der Waals surface area contributed by atoms with Crippen LogP contribution in [0.5, 0.6) is 0 Å². The molecule has 4 bridgehead atoms. The molecule has 6 fully saturated rings. The number of hydrogen-bond acceptors (Lipinski definition) is 3. The van der Waals surface area contributed by atoms with E-state index in [1.165, 1.54) is 25.7 Å². The van der Waals surface area contributed by atoms with Crippen LogP contribution in [-0.2, 0) is 14.2 Å². The van der Waals surface area contributed by atoms with Crippen molar-refractivity contribution in [1.82, 2.24) is 0 Å². The van der Waals surface area contributed by atoms with Gasteiger partial charge in [0.25, 0.3) is 0 Å². The lowest BCUT2D eigenvalue weighted by atomic mass is 9.70. The summed E-state index contributed by atoms with van der Waals surface area (Å²) in [5, 5.41) is 0. The molecule has 4 aliphatic carbocycles. The van der Waals surface area contributed by atoms with E-state index in [4.69, 9.17) is 14.2 Å². The number of rotatable bonds is 2. The second-order valence-electron chi connectivity index (χ2n) is 12.5. The summed E-state index contributed by atoms with van der Waals surface area (Å²) in [7, 11) is 0. The second-order valence-corrected chi connectivity index (χ2v) is 12.5. The van der Waals surface area contributed by atoms with Gasteiger partial charge in [-0.25, -0.2) is 0 Å². The number of fused-ring (bicyclic) bond motifs is 10. The molecule has 0 aromatic carbocycles. The minimum atomic E-state index is -0.0432. The lowest BCUT2D eigenvalue weighted by Crippen LogP contribution is -2.39. The molecule has 152 valence electrons. The van der Waals surface area contributed by atoms with Crippen molar-refractivity contribution in [2.45, 2.75) is 105 Å². The maximum Gasteiger partial charge on any atom is 0.161 e. The minimum absolute atomic E-state index is 0.0432. The molecule has 2 aliphatic heterocycles. The Labute approximate surface area is 164 Å². The molecule has 2 saturated heterocycles. The zero-order chi connectivity index (χ0) is 19.0. The van der Waals surface area contributed by atoms with Crippen molar-refractivity contribution in [2.24, 2.45) is 45.3 Å². The molecule has 0 spiro atoms. The zero-order valence-electron chi connectivity index (χ0n) is 18.1. The average molecular weight is 375 g/mol. The van der Waals surface area contributed by atoms with Crippen LogP contribution in [0.2, 0.25) is 0 Å². The predicted molar refractivity (Wildman–Crippen MR) is 104 cm³/mol. The third-order valence-electron chi connectivity index (χ3n) is 11.6. The molecule has 3 heteroatoms. The summed E-state index contributed by atoms with van der Waals surface area (Å²) in [6, 6.07) is 0. The molecule has 27 heavy (non-hydrogen) atoms. The van der Waals surface area contributed by atoms with Crippen LogP contribution in [0.1, 0.15) is 80.1 Å². The van der Waals surface area contributed by atoms with Crippen LogP contribution in [0.4, 0.5) is 0 Å². The van der Waals surface area contributed by atoms with Crippen molar-refractivity contribution in [3.05, 3.63) is 0 Å². The highest BCUT2D eigenvalue weighted by molar-refractivity contribution is 5.18. The van der Waals surface area contributed by atoms with Crippen LogP contribution in [0.15, 0.2) is 0 Å². The van der Waals surface area contributed by atoms with Crippen LogP contribution in [0, 0.1) is 45.3 Å². The number of hydrogen-bond donors (Lipinski definition) is 0. The summed E-state index contributed by atoms with van der Waals surface area (Å²) in [5.41, 5.74) is 1.47. The third kappa shape index (κ3) is 1.83. The third-order valence-corrected chi connectivity index (χ3v) is 11.6. The normalized spacial score (nSPS) is 61.6. The van der Waals surface area contributed by atoms with E-state index in [0.29, 0.717) is 45.7 Å². The highest BCUT2D eigenvalue weighted by atomic mass is 16.8. The molecule has 0 aromatic rings. The SMILES string of the molecule is CC1(C)[C@H]2CC[C@@]1(C)[C@@H]1O[C@H](O[C@@H]3C[C@H]4[C@@H]5CC[C@](C)([C@H]4O3)C5(C)C)C[C@@H]12. The van der Waals surface area contributed by atoms with Gasteiger partial charge in [0.15, 0.2) is 12.6 Å². The molecular weight excluding hydrogens is 336 g/mol. The summed E-state index contributed by atoms with van der Waals surface area (Å²) in [4.78, 5) is 0. The first-order valence-electron chi connectivity index (χ1n) is 11.6. The van der Waals surface area contributed by atoms with Crippen molar-refractivity contribution >= 4 is 0 Å². The Morgan fingerprint density at radius 3 is 1.44 bits per heavy atom. The Morgan fingerprint density at radius 1 is 0.667 bits per heavy atom. The predicted octanol–water partition coefficient (Wildman–Crippen LogP) is 5.38. The molecule has 0 aromatic heterocycles. The van der Waals surface area contributed by atoms with Crippen molar-refractivity contribution in [3.63, 3.8) is 0 Å². The van der Waals surface area contributed by atoms with Gasteiger partial charge < -0.3 is 14.2 Å². The fraction of sp³-hybridized carbons (Fsp3) is 1.00. The molecule has 10 atom stereocenters.